The van der Waals surface area contributed by atoms with E-state index in [1.54, 1.807) is 18.5 Å². The van der Waals surface area contributed by atoms with Crippen LogP contribution in [0, 0.1) is 24.6 Å². The van der Waals surface area contributed by atoms with Crippen molar-refractivity contribution in [3.63, 3.8) is 0 Å². The summed E-state index contributed by atoms with van der Waals surface area (Å²) in [4.78, 5) is 17.2. The molecule has 3 saturated carbocycles. The minimum absolute atomic E-state index is 0.249. The molecule has 3 aromatic rings. The van der Waals surface area contributed by atoms with Crippen molar-refractivity contribution in [2.24, 2.45) is 16.8 Å². The number of amidine groups is 1. The quantitative estimate of drug-likeness (QED) is 0.603. The average molecular weight is 404 g/mol. The number of nitrogens with one attached hydrogen (secondary N) is 3. The molecular weight excluding hydrogens is 379 g/mol. The molecule has 3 N–H and O–H groups in total. The zero-order valence-corrected chi connectivity index (χ0v) is 17.0. The number of nitrogens with zero attached hydrogens (tertiary/aromatic N) is 3. The van der Waals surface area contributed by atoms with E-state index in [2.05, 4.69) is 25.6 Å². The van der Waals surface area contributed by atoms with E-state index in [0.29, 0.717) is 29.1 Å². The van der Waals surface area contributed by atoms with Gasteiger partial charge in [0.05, 0.1) is 5.52 Å². The smallest absolute Gasteiger partial charge is 0.156 e. The number of halogens is 1. The van der Waals surface area contributed by atoms with E-state index in [9.17, 15) is 4.39 Å². The molecule has 4 aliphatic rings. The molecule has 2 unspecified atom stereocenters. The highest BCUT2D eigenvalue weighted by Gasteiger charge is 2.38. The Morgan fingerprint density at radius 1 is 1.10 bits per heavy atom. The number of aromatic nitrogens is 3. The first-order valence-corrected chi connectivity index (χ1v) is 10.8. The monoisotopic (exact) mass is 404 g/mol. The van der Waals surface area contributed by atoms with Crippen LogP contribution in [0.1, 0.15) is 55.1 Å². The van der Waals surface area contributed by atoms with Crippen molar-refractivity contribution in [2.75, 3.05) is 5.32 Å². The van der Waals surface area contributed by atoms with Crippen molar-refractivity contribution in [3.05, 3.63) is 53.4 Å². The first-order chi connectivity index (χ1) is 14.7. The Bertz CT molecular complexity index is 1140. The average Bonchev–Trinajstić information content (AvgIpc) is 3.19. The molecule has 1 aliphatic heterocycles. The Balaban J connectivity index is 1.40. The van der Waals surface area contributed by atoms with Gasteiger partial charge in [-0.25, -0.2) is 14.4 Å². The topological polar surface area (TPSA) is 78.0 Å². The van der Waals surface area contributed by atoms with Crippen LogP contribution in [0.15, 0.2) is 35.7 Å². The summed E-state index contributed by atoms with van der Waals surface area (Å²) in [5.74, 6) is 2.70. The lowest BCUT2D eigenvalue weighted by molar-refractivity contribution is 0.116. The molecule has 0 saturated heterocycles. The van der Waals surface area contributed by atoms with Crippen LogP contribution in [0.4, 0.5) is 10.2 Å². The normalized spacial score (nSPS) is 27.6. The number of hydrogen-bond donors (Lipinski definition) is 3. The van der Waals surface area contributed by atoms with E-state index >= 15 is 0 Å². The third-order valence-corrected chi connectivity index (χ3v) is 7.04. The molecule has 3 aliphatic carbocycles. The Hall–Kier alpha value is -2.80. The standard InChI is InChI=1S/C23H25FN6/c1-12-8-15-16(11-27-19(15)17(24)9-12)21-29-22-20(25-6-7-26-22)23(30-21)28-18-10-13-2-4-14(18)5-3-13/h6-9,11,13-14,18,23,27-28H,2-5,10H2,1H3,(H,26,29,30). The third-order valence-electron chi connectivity index (χ3n) is 7.04. The summed E-state index contributed by atoms with van der Waals surface area (Å²) in [6.45, 7) is 1.90. The highest BCUT2D eigenvalue weighted by atomic mass is 19.1. The van der Waals surface area contributed by atoms with E-state index in [0.717, 1.165) is 28.1 Å². The van der Waals surface area contributed by atoms with E-state index in [1.165, 1.54) is 32.1 Å². The summed E-state index contributed by atoms with van der Waals surface area (Å²) in [5.41, 5.74) is 3.05. The Morgan fingerprint density at radius 3 is 2.73 bits per heavy atom. The van der Waals surface area contributed by atoms with Crippen LogP contribution in [0.25, 0.3) is 10.9 Å². The molecule has 30 heavy (non-hydrogen) atoms. The summed E-state index contributed by atoms with van der Waals surface area (Å²) in [6.07, 6.45) is 11.5. The van der Waals surface area contributed by atoms with E-state index in [1.807, 2.05) is 19.2 Å². The molecule has 0 amide bonds. The molecule has 3 heterocycles. The molecule has 2 bridgehead atoms. The zero-order valence-electron chi connectivity index (χ0n) is 17.0. The fourth-order valence-corrected chi connectivity index (χ4v) is 5.54. The van der Waals surface area contributed by atoms with Crippen LogP contribution < -0.4 is 10.6 Å². The van der Waals surface area contributed by atoms with Gasteiger partial charge in [-0.1, -0.05) is 12.8 Å². The van der Waals surface area contributed by atoms with Gasteiger partial charge >= 0.3 is 0 Å². The number of anilines is 1. The minimum Gasteiger partial charge on any atom is -0.358 e. The maximum Gasteiger partial charge on any atom is 0.156 e. The minimum atomic E-state index is -0.256. The summed E-state index contributed by atoms with van der Waals surface area (Å²) in [6, 6.07) is 3.99. The van der Waals surface area contributed by atoms with Crippen molar-refractivity contribution in [1.82, 2.24) is 20.3 Å². The van der Waals surface area contributed by atoms with Crippen molar-refractivity contribution < 1.29 is 4.39 Å². The van der Waals surface area contributed by atoms with Crippen molar-refractivity contribution in [1.29, 1.82) is 0 Å². The largest absolute Gasteiger partial charge is 0.358 e. The number of rotatable bonds is 3. The fraction of sp³-hybridized carbons (Fsp3) is 0.435. The molecule has 0 radical (unpaired) electrons. The van der Waals surface area contributed by atoms with Crippen LogP contribution in [-0.4, -0.2) is 26.8 Å². The number of H-pyrrole nitrogens is 1. The SMILES string of the molecule is Cc1cc(F)c2[nH]cc(C3=NC(NC4CC5CCC4CC5)c4nccnc4N3)c2c1. The van der Waals surface area contributed by atoms with Gasteiger partial charge in [0.25, 0.3) is 0 Å². The summed E-state index contributed by atoms with van der Waals surface area (Å²) in [7, 11) is 0. The van der Waals surface area contributed by atoms with Gasteiger partial charge < -0.3 is 10.3 Å². The van der Waals surface area contributed by atoms with Crippen LogP contribution >= 0.6 is 0 Å². The molecular formula is C23H25FN6. The van der Waals surface area contributed by atoms with Gasteiger partial charge in [0.1, 0.15) is 23.5 Å². The maximum absolute atomic E-state index is 14.4. The van der Waals surface area contributed by atoms with Crippen molar-refractivity contribution in [2.45, 2.75) is 51.2 Å². The number of aromatic amines is 1. The molecule has 1 aromatic carbocycles. The molecule has 2 atom stereocenters. The Morgan fingerprint density at radius 2 is 1.93 bits per heavy atom. The molecule has 0 spiro atoms. The van der Waals surface area contributed by atoms with E-state index < -0.39 is 0 Å². The number of fused-ring (bicyclic) bond motifs is 5. The molecule has 7 heteroatoms. The molecule has 3 fully saturated rings. The maximum atomic E-state index is 14.4. The number of benzene rings is 1. The number of hydrogen-bond acceptors (Lipinski definition) is 5. The molecule has 2 aromatic heterocycles. The second kappa shape index (κ2) is 6.87. The number of aryl methyl sites for hydroxylation is 1. The first kappa shape index (κ1) is 18.0. The second-order valence-electron chi connectivity index (χ2n) is 8.96. The molecule has 7 rings (SSSR count). The predicted molar refractivity (Wildman–Crippen MR) is 115 cm³/mol. The third kappa shape index (κ3) is 2.91. The summed E-state index contributed by atoms with van der Waals surface area (Å²) >= 11 is 0. The summed E-state index contributed by atoms with van der Waals surface area (Å²) in [5, 5.41) is 7.94. The highest BCUT2D eigenvalue weighted by molar-refractivity contribution is 6.16. The van der Waals surface area contributed by atoms with Crippen LogP contribution in [0.3, 0.4) is 0 Å². The molecule has 154 valence electrons. The fourth-order valence-electron chi connectivity index (χ4n) is 5.54. The highest BCUT2D eigenvalue weighted by Crippen LogP contribution is 2.42. The van der Waals surface area contributed by atoms with Crippen molar-refractivity contribution in [3.8, 4) is 0 Å². The second-order valence-corrected chi connectivity index (χ2v) is 8.96. The van der Waals surface area contributed by atoms with E-state index in [-0.39, 0.29) is 12.0 Å². The van der Waals surface area contributed by atoms with Gasteiger partial charge in [-0.3, -0.25) is 10.3 Å². The summed E-state index contributed by atoms with van der Waals surface area (Å²) < 4.78 is 14.4. The Labute approximate surface area is 174 Å². The van der Waals surface area contributed by atoms with Gasteiger partial charge in [-0.2, -0.15) is 0 Å². The van der Waals surface area contributed by atoms with Crippen LogP contribution in [0.2, 0.25) is 0 Å². The lowest BCUT2D eigenvalue weighted by Gasteiger charge is -2.44. The number of aliphatic imine (C=N–C) groups is 1. The van der Waals surface area contributed by atoms with E-state index in [4.69, 9.17) is 4.99 Å². The lowest BCUT2D eigenvalue weighted by Crippen LogP contribution is -2.46. The Kier molecular flexibility index (Phi) is 4.13. The predicted octanol–water partition coefficient (Wildman–Crippen LogP) is 4.44. The zero-order chi connectivity index (χ0) is 20.2. The van der Waals surface area contributed by atoms with Gasteiger partial charge in [-0.05, 0) is 55.7 Å². The van der Waals surface area contributed by atoms with Crippen LogP contribution in [-0.2, 0) is 0 Å². The van der Waals surface area contributed by atoms with Crippen molar-refractivity contribution >= 4 is 22.6 Å². The molecule has 6 nitrogen and oxygen atoms in total. The van der Waals surface area contributed by atoms with Gasteiger partial charge in [0.2, 0.25) is 0 Å². The first-order valence-electron chi connectivity index (χ1n) is 10.8. The van der Waals surface area contributed by atoms with Crippen LogP contribution in [0.5, 0.6) is 0 Å². The van der Waals surface area contributed by atoms with Gasteiger partial charge in [0.15, 0.2) is 5.82 Å². The lowest BCUT2D eigenvalue weighted by atomic mass is 9.68. The van der Waals surface area contributed by atoms with Gasteiger partial charge in [-0.15, -0.1) is 0 Å². The van der Waals surface area contributed by atoms with Gasteiger partial charge in [0, 0.05) is 35.6 Å².